The number of halogens is 1. The Balaban J connectivity index is 2.22. The lowest BCUT2D eigenvalue weighted by atomic mass is 10.0. The number of carbonyl (C=O) groups is 1. The number of hydrogen-bond donors (Lipinski definition) is 1. The van der Waals surface area contributed by atoms with Gasteiger partial charge in [0.25, 0.3) is 0 Å². The van der Waals surface area contributed by atoms with Gasteiger partial charge in [-0.15, -0.1) is 0 Å². The van der Waals surface area contributed by atoms with Crippen LogP contribution >= 0.6 is 0 Å². The summed E-state index contributed by atoms with van der Waals surface area (Å²) < 4.78 is 13.5. The predicted molar refractivity (Wildman–Crippen MR) is 63.9 cm³/mol. The molecule has 0 spiro atoms. The highest BCUT2D eigenvalue weighted by Gasteiger charge is 2.31. The zero-order valence-electron chi connectivity index (χ0n) is 10.1. The minimum atomic E-state index is -0.231. The minimum Gasteiger partial charge on any atom is -0.334 e. The van der Waals surface area contributed by atoms with E-state index in [9.17, 15) is 9.18 Å². The van der Waals surface area contributed by atoms with Gasteiger partial charge in [0.2, 0.25) is 5.91 Å². The average Bonchev–Trinajstić information content (AvgIpc) is 2.61. The van der Waals surface area contributed by atoms with E-state index in [0.717, 1.165) is 5.56 Å². The Hall–Kier alpha value is -1.42. The number of benzene rings is 1. The topological polar surface area (TPSA) is 46.3 Å². The largest absolute Gasteiger partial charge is 0.334 e. The Morgan fingerprint density at radius 2 is 2.24 bits per heavy atom. The second kappa shape index (κ2) is 4.45. The zero-order valence-corrected chi connectivity index (χ0v) is 10.1. The first kappa shape index (κ1) is 12.0. The standard InChI is InChI=1S/C13H17FN2O/c1-8-3-4-10(5-12(8)14)9(2)16-7-11(15)6-13(16)17/h3-5,9,11H,6-7,15H2,1-2H3. The van der Waals surface area contributed by atoms with E-state index in [4.69, 9.17) is 5.73 Å². The third-order valence-corrected chi connectivity index (χ3v) is 3.33. The van der Waals surface area contributed by atoms with E-state index in [1.807, 2.05) is 13.0 Å². The Morgan fingerprint density at radius 1 is 1.53 bits per heavy atom. The number of amides is 1. The molecule has 0 saturated carbocycles. The average molecular weight is 236 g/mol. The lowest BCUT2D eigenvalue weighted by Crippen LogP contribution is -2.30. The first-order valence-electron chi connectivity index (χ1n) is 5.80. The molecule has 1 aromatic carbocycles. The summed E-state index contributed by atoms with van der Waals surface area (Å²) in [6.45, 7) is 4.18. The number of nitrogens with zero attached hydrogens (tertiary/aromatic N) is 1. The highest BCUT2D eigenvalue weighted by molar-refractivity contribution is 5.79. The fourth-order valence-electron chi connectivity index (χ4n) is 2.18. The fourth-order valence-corrected chi connectivity index (χ4v) is 2.18. The molecule has 4 heteroatoms. The molecule has 0 aromatic heterocycles. The summed E-state index contributed by atoms with van der Waals surface area (Å²) in [6.07, 6.45) is 0.388. The van der Waals surface area contributed by atoms with E-state index in [2.05, 4.69) is 0 Å². The van der Waals surface area contributed by atoms with Gasteiger partial charge in [0.15, 0.2) is 0 Å². The lowest BCUT2D eigenvalue weighted by Gasteiger charge is -2.25. The maximum Gasteiger partial charge on any atom is 0.224 e. The van der Waals surface area contributed by atoms with E-state index in [0.29, 0.717) is 18.5 Å². The number of carbonyl (C=O) groups excluding carboxylic acids is 1. The van der Waals surface area contributed by atoms with Crippen LogP contribution < -0.4 is 5.73 Å². The molecule has 2 atom stereocenters. The van der Waals surface area contributed by atoms with Gasteiger partial charge in [0.05, 0.1) is 6.04 Å². The van der Waals surface area contributed by atoms with E-state index in [1.54, 1.807) is 17.9 Å². The molecular formula is C13H17FN2O. The molecule has 1 heterocycles. The summed E-state index contributed by atoms with van der Waals surface area (Å²) in [7, 11) is 0. The molecule has 1 aliphatic heterocycles. The lowest BCUT2D eigenvalue weighted by molar-refractivity contribution is -0.129. The molecule has 1 saturated heterocycles. The normalized spacial score (nSPS) is 22.0. The number of nitrogens with two attached hydrogens (primary N) is 1. The van der Waals surface area contributed by atoms with Crippen LogP contribution in [0.1, 0.15) is 30.5 Å². The summed E-state index contributed by atoms with van der Waals surface area (Å²) in [5, 5.41) is 0. The maximum atomic E-state index is 13.5. The molecule has 0 aliphatic carbocycles. The van der Waals surface area contributed by atoms with Crippen LogP contribution in [0.3, 0.4) is 0 Å². The minimum absolute atomic E-state index is 0.0472. The van der Waals surface area contributed by atoms with Gasteiger partial charge in [-0.05, 0) is 31.0 Å². The molecule has 2 N–H and O–H groups in total. The second-order valence-electron chi connectivity index (χ2n) is 4.69. The molecule has 0 bridgehead atoms. The quantitative estimate of drug-likeness (QED) is 0.850. The van der Waals surface area contributed by atoms with E-state index < -0.39 is 0 Å². The van der Waals surface area contributed by atoms with Crippen LogP contribution in [-0.4, -0.2) is 23.4 Å². The summed E-state index contributed by atoms with van der Waals surface area (Å²) in [5.74, 6) is -0.184. The van der Waals surface area contributed by atoms with Crippen molar-refractivity contribution in [2.24, 2.45) is 5.73 Å². The molecule has 0 radical (unpaired) electrons. The highest BCUT2D eigenvalue weighted by atomic mass is 19.1. The molecule has 1 aromatic rings. The second-order valence-corrected chi connectivity index (χ2v) is 4.69. The Bertz CT molecular complexity index is 447. The molecule has 92 valence electrons. The number of likely N-dealkylation sites (tertiary alicyclic amines) is 1. The van der Waals surface area contributed by atoms with Crippen molar-refractivity contribution in [1.82, 2.24) is 4.90 Å². The smallest absolute Gasteiger partial charge is 0.224 e. The Labute approximate surface area is 100 Å². The molecule has 2 rings (SSSR count). The molecule has 17 heavy (non-hydrogen) atoms. The van der Waals surface area contributed by atoms with Crippen LogP contribution in [-0.2, 0) is 4.79 Å². The molecule has 1 fully saturated rings. The van der Waals surface area contributed by atoms with Gasteiger partial charge in [-0.3, -0.25) is 4.79 Å². The third kappa shape index (κ3) is 2.31. The monoisotopic (exact) mass is 236 g/mol. The van der Waals surface area contributed by atoms with Crippen molar-refractivity contribution in [3.63, 3.8) is 0 Å². The van der Waals surface area contributed by atoms with E-state index >= 15 is 0 Å². The van der Waals surface area contributed by atoms with Crippen LogP contribution in [0.4, 0.5) is 4.39 Å². The van der Waals surface area contributed by atoms with Crippen LogP contribution in [0.2, 0.25) is 0 Å². The summed E-state index contributed by atoms with van der Waals surface area (Å²) >= 11 is 0. The van der Waals surface area contributed by atoms with Gasteiger partial charge in [-0.2, -0.15) is 0 Å². The van der Waals surface area contributed by atoms with Crippen molar-refractivity contribution in [2.45, 2.75) is 32.4 Å². The van der Waals surface area contributed by atoms with E-state index in [-0.39, 0.29) is 23.8 Å². The molecular weight excluding hydrogens is 219 g/mol. The van der Waals surface area contributed by atoms with Crippen molar-refractivity contribution < 1.29 is 9.18 Å². The Morgan fingerprint density at radius 3 is 2.76 bits per heavy atom. The first-order chi connectivity index (χ1) is 7.99. The van der Waals surface area contributed by atoms with Gasteiger partial charge < -0.3 is 10.6 Å². The van der Waals surface area contributed by atoms with Crippen molar-refractivity contribution in [3.05, 3.63) is 35.1 Å². The van der Waals surface area contributed by atoms with Gasteiger partial charge in [0.1, 0.15) is 5.82 Å². The maximum absolute atomic E-state index is 13.5. The van der Waals surface area contributed by atoms with Crippen LogP contribution in [0.15, 0.2) is 18.2 Å². The number of hydrogen-bond acceptors (Lipinski definition) is 2. The third-order valence-electron chi connectivity index (χ3n) is 3.33. The molecule has 3 nitrogen and oxygen atoms in total. The van der Waals surface area contributed by atoms with Crippen molar-refractivity contribution in [2.75, 3.05) is 6.54 Å². The van der Waals surface area contributed by atoms with Crippen molar-refractivity contribution in [1.29, 1.82) is 0 Å². The van der Waals surface area contributed by atoms with Crippen LogP contribution in [0.5, 0.6) is 0 Å². The summed E-state index contributed by atoms with van der Waals surface area (Å²) in [4.78, 5) is 13.4. The number of rotatable bonds is 2. The predicted octanol–water partition coefficient (Wildman–Crippen LogP) is 1.75. The summed E-state index contributed by atoms with van der Waals surface area (Å²) in [6, 6.07) is 4.88. The molecule has 1 amide bonds. The number of aryl methyl sites for hydroxylation is 1. The van der Waals surface area contributed by atoms with Gasteiger partial charge in [0, 0.05) is 19.0 Å². The zero-order chi connectivity index (χ0) is 12.6. The molecule has 1 aliphatic rings. The van der Waals surface area contributed by atoms with Crippen LogP contribution in [0.25, 0.3) is 0 Å². The highest BCUT2D eigenvalue weighted by Crippen LogP contribution is 2.26. The van der Waals surface area contributed by atoms with Crippen LogP contribution in [0, 0.1) is 12.7 Å². The first-order valence-corrected chi connectivity index (χ1v) is 5.80. The summed E-state index contributed by atoms with van der Waals surface area (Å²) in [5.41, 5.74) is 7.18. The van der Waals surface area contributed by atoms with Gasteiger partial charge in [-0.1, -0.05) is 12.1 Å². The van der Waals surface area contributed by atoms with Gasteiger partial charge in [-0.25, -0.2) is 4.39 Å². The molecule has 2 unspecified atom stereocenters. The van der Waals surface area contributed by atoms with E-state index in [1.165, 1.54) is 6.07 Å². The fraction of sp³-hybridized carbons (Fsp3) is 0.462. The van der Waals surface area contributed by atoms with Crippen molar-refractivity contribution in [3.8, 4) is 0 Å². The Kier molecular flexibility index (Phi) is 3.15. The van der Waals surface area contributed by atoms with Gasteiger partial charge >= 0.3 is 0 Å². The SMILES string of the molecule is Cc1ccc(C(C)N2CC(N)CC2=O)cc1F. The van der Waals surface area contributed by atoms with Crippen molar-refractivity contribution >= 4 is 5.91 Å².